The van der Waals surface area contributed by atoms with E-state index in [1.165, 1.54) is 76.2 Å². The highest BCUT2D eigenvalue weighted by Gasteiger charge is 2.31. The molecule has 6 heteroatoms. The number of carbonyl (C=O) groups excluding carboxylic acids is 1. The van der Waals surface area contributed by atoms with Gasteiger partial charge in [0, 0.05) is 0 Å². The molecule has 0 atom stereocenters. The number of rotatable bonds is 7. The van der Waals surface area contributed by atoms with E-state index in [4.69, 9.17) is 4.74 Å². The quantitative estimate of drug-likeness (QED) is 0.330. The van der Waals surface area contributed by atoms with Gasteiger partial charge in [-0.05, 0) is 73.0 Å². The first-order chi connectivity index (χ1) is 15.9. The average Bonchev–Trinajstić information content (AvgIpc) is 2.84. The Morgan fingerprint density at radius 1 is 0.758 bits per heavy atom. The molecule has 5 nitrogen and oxygen atoms in total. The SMILES string of the molecule is O=C(OCCS(=O)(=O)[O-])c1c(C2CCCCC2)cc(C2CCCCC2)cc1C1CCCCC1. The topological polar surface area (TPSA) is 83.5 Å². The van der Waals surface area contributed by atoms with Crippen molar-refractivity contribution in [3.05, 3.63) is 34.4 Å². The van der Waals surface area contributed by atoms with Crippen LogP contribution in [0.5, 0.6) is 0 Å². The van der Waals surface area contributed by atoms with Crippen molar-refractivity contribution in [1.29, 1.82) is 0 Å². The van der Waals surface area contributed by atoms with Crippen molar-refractivity contribution in [3.8, 4) is 0 Å². The van der Waals surface area contributed by atoms with Crippen molar-refractivity contribution in [3.63, 3.8) is 0 Å². The second-order valence-electron chi connectivity index (χ2n) is 10.5. The van der Waals surface area contributed by atoms with Gasteiger partial charge >= 0.3 is 5.97 Å². The largest absolute Gasteiger partial charge is 0.748 e. The normalized spacial score (nSPS) is 21.7. The van der Waals surface area contributed by atoms with Crippen LogP contribution in [0.3, 0.4) is 0 Å². The van der Waals surface area contributed by atoms with Gasteiger partial charge in [0.15, 0.2) is 0 Å². The van der Waals surface area contributed by atoms with Gasteiger partial charge in [-0.3, -0.25) is 0 Å². The van der Waals surface area contributed by atoms with Crippen LogP contribution in [0.15, 0.2) is 12.1 Å². The van der Waals surface area contributed by atoms with Gasteiger partial charge in [0.2, 0.25) is 0 Å². The van der Waals surface area contributed by atoms with E-state index in [9.17, 15) is 17.8 Å². The van der Waals surface area contributed by atoms with Crippen molar-refractivity contribution in [2.75, 3.05) is 12.4 Å². The second-order valence-corrected chi connectivity index (χ2v) is 12.0. The Morgan fingerprint density at radius 2 is 1.18 bits per heavy atom. The first-order valence-corrected chi connectivity index (χ1v) is 14.8. The van der Waals surface area contributed by atoms with Crippen molar-refractivity contribution < 1.29 is 22.5 Å². The Labute approximate surface area is 199 Å². The molecule has 3 aliphatic carbocycles. The first-order valence-electron chi connectivity index (χ1n) is 13.2. The fraction of sp³-hybridized carbons (Fsp3) is 0.741. The summed E-state index contributed by atoms with van der Waals surface area (Å²) in [5.74, 6) is 0.177. The summed E-state index contributed by atoms with van der Waals surface area (Å²) in [5, 5.41) is 0. The molecule has 3 fully saturated rings. The van der Waals surface area contributed by atoms with Gasteiger partial charge in [-0.1, -0.05) is 69.9 Å². The Hall–Kier alpha value is -1.40. The Balaban J connectivity index is 1.74. The molecular formula is C27H39O5S-. The molecule has 0 heterocycles. The summed E-state index contributed by atoms with van der Waals surface area (Å²) >= 11 is 0. The predicted octanol–water partition coefficient (Wildman–Crippen LogP) is 6.53. The highest BCUT2D eigenvalue weighted by Crippen LogP contribution is 2.44. The van der Waals surface area contributed by atoms with E-state index >= 15 is 0 Å². The Morgan fingerprint density at radius 3 is 1.61 bits per heavy atom. The van der Waals surface area contributed by atoms with Gasteiger partial charge in [0.05, 0.1) is 21.4 Å². The molecule has 1 aromatic rings. The number of hydrogen-bond acceptors (Lipinski definition) is 5. The summed E-state index contributed by atoms with van der Waals surface area (Å²) in [5.41, 5.74) is 4.35. The highest BCUT2D eigenvalue weighted by molar-refractivity contribution is 7.85. The molecule has 0 aliphatic heterocycles. The molecule has 0 N–H and O–H groups in total. The number of hydrogen-bond donors (Lipinski definition) is 0. The molecule has 0 radical (unpaired) electrons. The molecule has 184 valence electrons. The zero-order valence-electron chi connectivity index (χ0n) is 19.9. The molecule has 1 aromatic carbocycles. The fourth-order valence-electron chi connectivity index (χ4n) is 6.40. The fourth-order valence-corrected chi connectivity index (χ4v) is 6.69. The summed E-state index contributed by atoms with van der Waals surface area (Å²) in [6.45, 7) is -0.372. The summed E-state index contributed by atoms with van der Waals surface area (Å²) in [6.07, 6.45) is 17.9. The minimum absolute atomic E-state index is 0.357. The molecule has 0 aromatic heterocycles. The van der Waals surface area contributed by atoms with Crippen molar-refractivity contribution in [2.24, 2.45) is 0 Å². The van der Waals surface area contributed by atoms with Crippen LogP contribution in [-0.2, 0) is 14.9 Å². The zero-order valence-corrected chi connectivity index (χ0v) is 20.7. The summed E-state index contributed by atoms with van der Waals surface area (Å²) in [6, 6.07) is 4.61. The van der Waals surface area contributed by atoms with E-state index in [-0.39, 0.29) is 6.61 Å². The monoisotopic (exact) mass is 475 g/mol. The molecule has 4 rings (SSSR count). The predicted molar refractivity (Wildman–Crippen MR) is 129 cm³/mol. The van der Waals surface area contributed by atoms with Crippen LogP contribution in [0, 0.1) is 0 Å². The molecule has 3 aliphatic rings. The number of carbonyl (C=O) groups is 1. The highest BCUT2D eigenvalue weighted by atomic mass is 32.2. The lowest BCUT2D eigenvalue weighted by Crippen LogP contribution is -2.21. The van der Waals surface area contributed by atoms with Crippen molar-refractivity contribution in [1.82, 2.24) is 0 Å². The maximum Gasteiger partial charge on any atom is 0.338 e. The second kappa shape index (κ2) is 11.4. The van der Waals surface area contributed by atoms with Gasteiger partial charge < -0.3 is 9.29 Å². The lowest BCUT2D eigenvalue weighted by Gasteiger charge is -2.32. The summed E-state index contributed by atoms with van der Waals surface area (Å²) < 4.78 is 38.6. The van der Waals surface area contributed by atoms with E-state index in [1.54, 1.807) is 0 Å². The van der Waals surface area contributed by atoms with Crippen LogP contribution in [0.2, 0.25) is 0 Å². The lowest BCUT2D eigenvalue weighted by atomic mass is 9.73. The van der Waals surface area contributed by atoms with Crippen LogP contribution >= 0.6 is 0 Å². The molecule has 0 bridgehead atoms. The van der Waals surface area contributed by atoms with Crippen molar-refractivity contribution in [2.45, 2.75) is 114 Å². The van der Waals surface area contributed by atoms with Crippen molar-refractivity contribution >= 4 is 16.1 Å². The minimum atomic E-state index is -4.41. The maximum absolute atomic E-state index is 13.4. The van der Waals surface area contributed by atoms with Gasteiger partial charge in [-0.15, -0.1) is 0 Å². The van der Waals surface area contributed by atoms with E-state index in [0.29, 0.717) is 23.3 Å². The third-order valence-electron chi connectivity index (χ3n) is 8.16. The number of ether oxygens (including phenoxy) is 1. The van der Waals surface area contributed by atoms with E-state index in [0.717, 1.165) is 36.8 Å². The smallest absolute Gasteiger partial charge is 0.338 e. The summed E-state index contributed by atoms with van der Waals surface area (Å²) in [7, 11) is -4.41. The van der Waals surface area contributed by atoms with E-state index in [1.807, 2.05) is 0 Å². The molecule has 33 heavy (non-hydrogen) atoms. The Bertz CT molecular complexity index is 865. The maximum atomic E-state index is 13.4. The average molecular weight is 476 g/mol. The molecule has 0 amide bonds. The number of benzene rings is 1. The summed E-state index contributed by atoms with van der Waals surface area (Å²) in [4.78, 5) is 13.4. The number of esters is 1. The van der Waals surface area contributed by atoms with Gasteiger partial charge in [0.25, 0.3) is 0 Å². The third kappa shape index (κ3) is 6.60. The van der Waals surface area contributed by atoms with Crippen LogP contribution in [0.1, 0.15) is 141 Å². The van der Waals surface area contributed by atoms with Gasteiger partial charge in [-0.25, -0.2) is 13.2 Å². The molecule has 0 unspecified atom stereocenters. The zero-order chi connectivity index (χ0) is 23.3. The van der Waals surface area contributed by atoms with E-state index in [2.05, 4.69) is 12.1 Å². The van der Waals surface area contributed by atoms with Crippen LogP contribution < -0.4 is 0 Å². The standard InChI is InChI=1S/C27H40O5S/c28-27(32-16-17-33(29,30)31)26-24(21-12-6-2-7-13-21)18-23(20-10-4-1-5-11-20)19-25(26)22-14-8-3-9-15-22/h18-22H,1-17H2,(H,29,30,31)/p-1. The van der Waals surface area contributed by atoms with E-state index < -0.39 is 21.8 Å². The van der Waals surface area contributed by atoms with Crippen LogP contribution in [-0.4, -0.2) is 31.3 Å². The third-order valence-corrected chi connectivity index (χ3v) is 8.83. The molecule has 0 saturated heterocycles. The van der Waals surface area contributed by atoms with Crippen LogP contribution in [0.25, 0.3) is 0 Å². The van der Waals surface area contributed by atoms with Crippen LogP contribution in [0.4, 0.5) is 0 Å². The lowest BCUT2D eigenvalue weighted by molar-refractivity contribution is 0.0523. The van der Waals surface area contributed by atoms with Gasteiger partial charge in [0.1, 0.15) is 6.61 Å². The first kappa shape index (κ1) is 24.7. The molecule has 3 saturated carbocycles. The Kier molecular flexibility index (Phi) is 8.50. The molecule has 0 spiro atoms. The van der Waals surface area contributed by atoms with Gasteiger partial charge in [-0.2, -0.15) is 0 Å². The molecular weight excluding hydrogens is 436 g/mol. The minimum Gasteiger partial charge on any atom is -0.748 e.